The van der Waals surface area contributed by atoms with E-state index in [2.05, 4.69) is 15.6 Å². The number of benzene rings is 3. The van der Waals surface area contributed by atoms with Gasteiger partial charge in [-0.3, -0.25) is 9.59 Å². The lowest BCUT2D eigenvalue weighted by atomic mass is 10.0. The summed E-state index contributed by atoms with van der Waals surface area (Å²) in [5.74, 6) is -0.00508. The molecule has 0 saturated heterocycles. The molecule has 2 amide bonds. The van der Waals surface area contributed by atoms with Crippen molar-refractivity contribution >= 4 is 38.5 Å². The molecule has 3 aromatic carbocycles. The Hall–Kier alpha value is -3.71. The number of nitrogens with zero attached hydrogens (tertiary/aromatic N) is 1. The smallest absolute Gasteiger partial charge is 0.251 e. The minimum atomic E-state index is -0.345. The molecule has 7 heteroatoms. The molecule has 4 aromatic rings. The monoisotopic (exact) mass is 417 g/mol. The number of fused-ring (bicyclic) bond motifs is 1. The summed E-state index contributed by atoms with van der Waals surface area (Å²) in [6, 6.07) is 22.8. The number of anilines is 1. The van der Waals surface area contributed by atoms with Gasteiger partial charge in [0.2, 0.25) is 5.91 Å². The molecule has 0 aliphatic carbocycles. The predicted octanol–water partition coefficient (Wildman–Crippen LogP) is 4.34. The number of carbonyl (C=O) groups is 2. The lowest BCUT2D eigenvalue weighted by Crippen LogP contribution is -2.32. The molecule has 4 rings (SSSR count). The molecule has 0 atom stereocenters. The highest BCUT2D eigenvalue weighted by Gasteiger charge is 2.12. The lowest BCUT2D eigenvalue weighted by Gasteiger charge is -2.06. The summed E-state index contributed by atoms with van der Waals surface area (Å²) in [4.78, 5) is 29.0. The van der Waals surface area contributed by atoms with Crippen LogP contribution in [0.3, 0.4) is 0 Å². The van der Waals surface area contributed by atoms with Crippen molar-refractivity contribution in [2.45, 2.75) is 0 Å². The van der Waals surface area contributed by atoms with Crippen LogP contribution in [0.4, 0.5) is 5.13 Å². The molecule has 0 saturated carbocycles. The number of rotatable bonds is 6. The number of methoxy groups -OCH3 is 1. The van der Waals surface area contributed by atoms with E-state index in [9.17, 15) is 9.59 Å². The number of hydrogen-bond donors (Lipinski definition) is 2. The van der Waals surface area contributed by atoms with Gasteiger partial charge in [-0.1, -0.05) is 59.9 Å². The van der Waals surface area contributed by atoms with Crippen LogP contribution in [0.5, 0.6) is 5.75 Å². The topological polar surface area (TPSA) is 80.3 Å². The Labute approximate surface area is 177 Å². The van der Waals surface area contributed by atoms with Crippen LogP contribution in [-0.2, 0) is 4.79 Å². The first-order chi connectivity index (χ1) is 14.6. The zero-order valence-corrected chi connectivity index (χ0v) is 17.0. The molecule has 0 spiro atoms. The van der Waals surface area contributed by atoms with E-state index in [1.165, 1.54) is 11.3 Å². The predicted molar refractivity (Wildman–Crippen MR) is 119 cm³/mol. The molecule has 1 aromatic heterocycles. The van der Waals surface area contributed by atoms with E-state index in [1.807, 2.05) is 60.7 Å². The Morgan fingerprint density at radius 3 is 2.40 bits per heavy atom. The van der Waals surface area contributed by atoms with Gasteiger partial charge in [-0.2, -0.15) is 0 Å². The van der Waals surface area contributed by atoms with Crippen molar-refractivity contribution in [3.8, 4) is 16.9 Å². The third kappa shape index (κ3) is 4.31. The third-order valence-electron chi connectivity index (χ3n) is 4.51. The third-order valence-corrected chi connectivity index (χ3v) is 5.45. The second-order valence-electron chi connectivity index (χ2n) is 6.50. The van der Waals surface area contributed by atoms with Gasteiger partial charge >= 0.3 is 0 Å². The molecule has 0 fully saturated rings. The largest absolute Gasteiger partial charge is 0.494 e. The number of para-hydroxylation sites is 1. The van der Waals surface area contributed by atoms with Crippen molar-refractivity contribution in [1.82, 2.24) is 10.3 Å². The number of hydrogen-bond acceptors (Lipinski definition) is 5. The van der Waals surface area contributed by atoms with Gasteiger partial charge in [0, 0.05) is 5.56 Å². The number of ether oxygens (including phenoxy) is 1. The highest BCUT2D eigenvalue weighted by Crippen LogP contribution is 2.31. The average molecular weight is 417 g/mol. The van der Waals surface area contributed by atoms with Crippen molar-refractivity contribution in [3.05, 3.63) is 78.4 Å². The summed E-state index contributed by atoms with van der Waals surface area (Å²) >= 11 is 1.35. The number of nitrogens with one attached hydrogen (secondary N) is 2. The van der Waals surface area contributed by atoms with E-state index in [0.29, 0.717) is 22.0 Å². The van der Waals surface area contributed by atoms with Crippen molar-refractivity contribution in [3.63, 3.8) is 0 Å². The van der Waals surface area contributed by atoms with Gasteiger partial charge in [0.15, 0.2) is 5.13 Å². The van der Waals surface area contributed by atoms with Crippen LogP contribution in [0.25, 0.3) is 21.3 Å². The molecule has 30 heavy (non-hydrogen) atoms. The van der Waals surface area contributed by atoms with Crippen molar-refractivity contribution in [1.29, 1.82) is 0 Å². The molecule has 1 heterocycles. The first-order valence-electron chi connectivity index (χ1n) is 9.31. The average Bonchev–Trinajstić information content (AvgIpc) is 3.20. The number of amides is 2. The Morgan fingerprint density at radius 1 is 0.933 bits per heavy atom. The molecular formula is C23H19N3O3S. The highest BCUT2D eigenvalue weighted by molar-refractivity contribution is 7.22. The Kier molecular flexibility index (Phi) is 5.72. The van der Waals surface area contributed by atoms with Crippen LogP contribution in [0.2, 0.25) is 0 Å². The maximum Gasteiger partial charge on any atom is 0.251 e. The zero-order chi connectivity index (χ0) is 20.9. The highest BCUT2D eigenvalue weighted by atomic mass is 32.1. The summed E-state index contributed by atoms with van der Waals surface area (Å²) in [7, 11) is 1.58. The van der Waals surface area contributed by atoms with Gasteiger partial charge in [-0.15, -0.1) is 0 Å². The summed E-state index contributed by atoms with van der Waals surface area (Å²) in [5.41, 5.74) is 3.29. The molecule has 150 valence electrons. The number of thiazole rings is 1. The van der Waals surface area contributed by atoms with Crippen molar-refractivity contribution in [2.75, 3.05) is 19.0 Å². The quantitative estimate of drug-likeness (QED) is 0.489. The first-order valence-corrected chi connectivity index (χ1v) is 10.1. The lowest BCUT2D eigenvalue weighted by molar-refractivity contribution is -0.115. The molecule has 0 radical (unpaired) electrons. The molecule has 6 nitrogen and oxygen atoms in total. The van der Waals surface area contributed by atoms with E-state index < -0.39 is 0 Å². The molecule has 0 aliphatic heterocycles. The number of aromatic nitrogens is 1. The standard InChI is InChI=1S/C23H19N3O3S/c1-29-18-8-5-9-19-21(18)26-23(30-19)25-20(27)14-24-22(28)17-12-10-16(11-13-17)15-6-3-2-4-7-15/h2-13H,14H2,1H3,(H,24,28)(H,25,26,27). The van der Waals surface area contributed by atoms with E-state index in [-0.39, 0.29) is 18.4 Å². The fourth-order valence-corrected chi connectivity index (χ4v) is 3.91. The maximum absolute atomic E-state index is 12.4. The van der Waals surface area contributed by atoms with E-state index in [1.54, 1.807) is 19.2 Å². The molecule has 2 N–H and O–H groups in total. The molecule has 0 bridgehead atoms. The second-order valence-corrected chi connectivity index (χ2v) is 7.53. The van der Waals surface area contributed by atoms with Crippen LogP contribution in [0.15, 0.2) is 72.8 Å². The van der Waals surface area contributed by atoms with Crippen molar-refractivity contribution in [2.24, 2.45) is 0 Å². The fraction of sp³-hybridized carbons (Fsp3) is 0.0870. The summed E-state index contributed by atoms with van der Waals surface area (Å²) in [6.07, 6.45) is 0. The van der Waals surface area contributed by atoms with Gasteiger partial charge in [0.05, 0.1) is 18.4 Å². The van der Waals surface area contributed by atoms with Gasteiger partial charge in [0.25, 0.3) is 5.91 Å². The molecular weight excluding hydrogens is 398 g/mol. The van der Waals surface area contributed by atoms with Crippen LogP contribution in [0, 0.1) is 0 Å². The Bertz CT molecular complexity index is 1190. The first kappa shape index (κ1) is 19.6. The van der Waals surface area contributed by atoms with Gasteiger partial charge < -0.3 is 15.4 Å². The van der Waals surface area contributed by atoms with Crippen LogP contribution in [-0.4, -0.2) is 30.5 Å². The molecule has 0 aliphatic rings. The SMILES string of the molecule is COc1cccc2sc(NC(=O)CNC(=O)c3ccc(-c4ccccc4)cc3)nc12. The second kappa shape index (κ2) is 8.75. The van der Waals surface area contributed by atoms with E-state index in [4.69, 9.17) is 4.74 Å². The zero-order valence-electron chi connectivity index (χ0n) is 16.2. The number of carbonyl (C=O) groups excluding carboxylic acids is 2. The van der Waals surface area contributed by atoms with Gasteiger partial charge in [-0.25, -0.2) is 4.98 Å². The molecule has 0 unspecified atom stereocenters. The fourth-order valence-electron chi connectivity index (χ4n) is 3.01. The van der Waals surface area contributed by atoms with E-state index in [0.717, 1.165) is 15.8 Å². The Balaban J connectivity index is 1.35. The van der Waals surface area contributed by atoms with Crippen LogP contribution < -0.4 is 15.4 Å². The van der Waals surface area contributed by atoms with Crippen LogP contribution in [0.1, 0.15) is 10.4 Å². The normalized spacial score (nSPS) is 10.6. The minimum absolute atomic E-state index is 0.146. The summed E-state index contributed by atoms with van der Waals surface area (Å²) in [5, 5.41) is 5.81. The van der Waals surface area contributed by atoms with Crippen LogP contribution >= 0.6 is 11.3 Å². The summed E-state index contributed by atoms with van der Waals surface area (Å²) < 4.78 is 6.19. The summed E-state index contributed by atoms with van der Waals surface area (Å²) in [6.45, 7) is -0.146. The Morgan fingerprint density at radius 2 is 1.67 bits per heavy atom. The van der Waals surface area contributed by atoms with Gasteiger partial charge in [-0.05, 0) is 35.4 Å². The van der Waals surface area contributed by atoms with Crippen molar-refractivity contribution < 1.29 is 14.3 Å². The van der Waals surface area contributed by atoms with Gasteiger partial charge in [0.1, 0.15) is 11.3 Å². The maximum atomic E-state index is 12.4. The van der Waals surface area contributed by atoms with E-state index >= 15 is 0 Å². The minimum Gasteiger partial charge on any atom is -0.494 e.